The summed E-state index contributed by atoms with van der Waals surface area (Å²) in [7, 11) is 0. The van der Waals surface area contributed by atoms with Crippen LogP contribution in [0.1, 0.15) is 75.3 Å². The Kier molecular flexibility index (Phi) is 22.7. The van der Waals surface area contributed by atoms with Crippen molar-refractivity contribution in [3.05, 3.63) is 71.8 Å². The molecule has 25 heteroatoms. The van der Waals surface area contributed by atoms with Gasteiger partial charge < -0.3 is 56.9 Å². The van der Waals surface area contributed by atoms with Crippen LogP contribution in [-0.4, -0.2) is 179 Å². The average molecular weight is 1050 g/mol. The van der Waals surface area contributed by atoms with E-state index in [2.05, 4.69) is 36.6 Å². The predicted molar refractivity (Wildman–Crippen MR) is 273 cm³/mol. The molecule has 3 saturated heterocycles. The van der Waals surface area contributed by atoms with Crippen molar-refractivity contribution in [2.75, 3.05) is 45.9 Å². The number of benzene rings is 2. The Morgan fingerprint density at radius 3 is 1.65 bits per heavy atom. The third-order valence-electron chi connectivity index (χ3n) is 13.4. The van der Waals surface area contributed by atoms with Crippen molar-refractivity contribution in [3.63, 3.8) is 0 Å². The molecule has 0 bridgehead atoms. The van der Waals surface area contributed by atoms with E-state index in [1.165, 1.54) is 14.7 Å². The van der Waals surface area contributed by atoms with E-state index < -0.39 is 96.9 Å². The van der Waals surface area contributed by atoms with Gasteiger partial charge in [-0.2, -0.15) is 0 Å². The molecule has 0 aliphatic carbocycles. The van der Waals surface area contributed by atoms with Crippen LogP contribution in [0, 0.1) is 0 Å². The molecule has 8 atom stereocenters. The first-order valence-electron chi connectivity index (χ1n) is 25.5. The number of nitrogens with zero attached hydrogens (tertiary/aromatic N) is 3. The summed E-state index contributed by atoms with van der Waals surface area (Å²) >= 11 is 0. The molecule has 5 rings (SSSR count). The van der Waals surface area contributed by atoms with E-state index in [1.807, 2.05) is 0 Å². The molecule has 75 heavy (non-hydrogen) atoms. The van der Waals surface area contributed by atoms with Crippen LogP contribution < -0.4 is 65.2 Å². The molecule has 3 aliphatic rings. The molecule has 8 amide bonds. The quantitative estimate of drug-likeness (QED) is 0.0171. The van der Waals surface area contributed by atoms with Crippen LogP contribution in [0.2, 0.25) is 0 Å². The summed E-state index contributed by atoms with van der Waals surface area (Å²) in [6, 6.07) is 9.02. The Balaban J connectivity index is 1.20. The normalized spacial score (nSPS) is 19.1. The number of rotatable bonds is 27. The van der Waals surface area contributed by atoms with Crippen molar-refractivity contribution in [2.24, 2.45) is 28.7 Å². The Bertz CT molecular complexity index is 2350. The zero-order chi connectivity index (χ0) is 54.4. The highest BCUT2D eigenvalue weighted by Gasteiger charge is 2.44. The maximum atomic E-state index is 14.1. The van der Waals surface area contributed by atoms with E-state index in [-0.39, 0.29) is 62.5 Å². The lowest BCUT2D eigenvalue weighted by atomic mass is 10.0. The van der Waals surface area contributed by atoms with Crippen molar-refractivity contribution in [1.82, 2.24) is 41.3 Å². The molecule has 408 valence electrons. The first-order valence-corrected chi connectivity index (χ1v) is 25.5. The lowest BCUT2D eigenvalue weighted by molar-refractivity contribution is -0.460. The van der Waals surface area contributed by atoms with Crippen molar-refractivity contribution >= 4 is 65.5 Å². The van der Waals surface area contributed by atoms with Crippen LogP contribution in [0.4, 0.5) is 0 Å². The van der Waals surface area contributed by atoms with Crippen LogP contribution in [0.3, 0.4) is 0 Å². The molecule has 0 radical (unpaired) electrons. The van der Waals surface area contributed by atoms with Gasteiger partial charge in [0.05, 0.1) is 38.3 Å². The molecule has 0 spiro atoms. The smallest absolute Gasteiger partial charge is 0.338 e. The van der Waals surface area contributed by atoms with Gasteiger partial charge in [0.2, 0.25) is 47.3 Å². The SMILES string of the molecule is NC(N)=[NH+]CCC[C@@H](C=O)NC(=O)[C@H](Cc1ccccc1)NC(=O)[C@@H]1CCCN1C(=O)[C@H](CO)NC(=O)[C@H](Cc1ccccc1)NC(=O)CNC(=O)[C@@H]1CCCN1C(=O)[C@@H]1CCCN1C(=O)[C@@H](N)CCC[NH+]=C(N)N. The second-order valence-electron chi connectivity index (χ2n) is 19.0. The maximum Gasteiger partial charge on any atom is 0.338 e. The predicted octanol–water partition coefficient (Wildman–Crippen LogP) is -7.71. The molecule has 3 fully saturated rings. The summed E-state index contributed by atoms with van der Waals surface area (Å²) < 4.78 is 0. The van der Waals surface area contributed by atoms with Crippen LogP contribution in [-0.2, 0) is 56.0 Å². The molecule has 2 aromatic carbocycles. The molecule has 0 unspecified atom stereocenters. The molecule has 18 N–H and O–H groups in total. The average Bonchev–Trinajstić information content (AvgIpc) is 4.21. The standard InChI is InChI=1S/C50H73N15O10/c51-34(17-8-22-57-50(54)55)46(73)65-25-11-20-40(65)48(75)64-24-9-18-38(64)44(71)58-28-41(68)60-35(26-31-12-3-1-4-13-31)43(70)62-37(30-67)47(74)63-23-10-19-39(63)45(72)61-36(27-32-14-5-2-6-15-32)42(69)59-33(29-66)16-7-21-56-49(52)53/h1-6,12-15,29,33-40,67H,7-11,16-28,30,51H2,(H,58,71)(H,59,69)(H,60,68)(H,61,72)(H,62,70)(H4,52,53,56)(H4,54,55,57)/p+2/t33-,34-,35-,36-,37-,38-,39-,40-/m0/s1. The van der Waals surface area contributed by atoms with E-state index >= 15 is 0 Å². The number of nitrogens with one attached hydrogen (secondary N) is 7. The van der Waals surface area contributed by atoms with Crippen LogP contribution in [0.5, 0.6) is 0 Å². The first kappa shape index (κ1) is 58.2. The summed E-state index contributed by atoms with van der Waals surface area (Å²) in [6.45, 7) is 0.0348. The summed E-state index contributed by atoms with van der Waals surface area (Å²) in [5, 5.41) is 23.7. The van der Waals surface area contributed by atoms with E-state index in [0.29, 0.717) is 88.4 Å². The van der Waals surface area contributed by atoms with E-state index in [9.17, 15) is 48.3 Å². The fraction of sp³-hybridized carbons (Fsp3) is 0.540. The van der Waals surface area contributed by atoms with Crippen molar-refractivity contribution in [3.8, 4) is 0 Å². The number of guanidine groups is 2. The third kappa shape index (κ3) is 17.5. The van der Waals surface area contributed by atoms with Crippen molar-refractivity contribution < 1.29 is 58.2 Å². The molecule has 2 aromatic rings. The Morgan fingerprint density at radius 1 is 0.613 bits per heavy atom. The van der Waals surface area contributed by atoms with Gasteiger partial charge in [0.15, 0.2) is 0 Å². The van der Waals surface area contributed by atoms with Gasteiger partial charge in [0.25, 0.3) is 0 Å². The largest absolute Gasteiger partial charge is 0.394 e. The number of hydrogen-bond donors (Lipinski definition) is 13. The number of aliphatic hydroxyl groups excluding tert-OH is 1. The summed E-state index contributed by atoms with van der Waals surface area (Å²) in [6.07, 6.45) is 4.55. The van der Waals surface area contributed by atoms with Gasteiger partial charge in [-0.05, 0) is 75.3 Å². The second-order valence-corrected chi connectivity index (χ2v) is 19.0. The summed E-state index contributed by atoms with van der Waals surface area (Å²) in [5.74, 6) is -4.94. The maximum absolute atomic E-state index is 14.1. The minimum absolute atomic E-state index is 0.0157. The lowest BCUT2D eigenvalue weighted by Gasteiger charge is -2.32. The van der Waals surface area contributed by atoms with Crippen molar-refractivity contribution in [1.29, 1.82) is 0 Å². The molecular formula is C50H75N15O10+2. The zero-order valence-corrected chi connectivity index (χ0v) is 42.3. The van der Waals surface area contributed by atoms with E-state index in [4.69, 9.17) is 28.7 Å². The number of carbonyl (C=O) groups is 9. The molecule has 25 nitrogen and oxygen atoms in total. The van der Waals surface area contributed by atoms with Crippen LogP contribution in [0.25, 0.3) is 0 Å². The fourth-order valence-electron chi connectivity index (χ4n) is 9.56. The Morgan fingerprint density at radius 2 is 1.11 bits per heavy atom. The van der Waals surface area contributed by atoms with Gasteiger partial charge in [-0.3, -0.25) is 71.3 Å². The number of aliphatic hydroxyl groups is 1. The number of amides is 8. The van der Waals surface area contributed by atoms with E-state index in [1.54, 1.807) is 60.7 Å². The number of nitrogens with two attached hydrogens (primary N) is 5. The van der Waals surface area contributed by atoms with Crippen LogP contribution in [0.15, 0.2) is 60.7 Å². The molecule has 0 aromatic heterocycles. The summed E-state index contributed by atoms with van der Waals surface area (Å²) in [5.41, 5.74) is 29.3. The van der Waals surface area contributed by atoms with Crippen molar-refractivity contribution in [2.45, 2.75) is 125 Å². The fourth-order valence-corrected chi connectivity index (χ4v) is 9.56. The van der Waals surface area contributed by atoms with Crippen LogP contribution >= 0.6 is 0 Å². The molecule has 3 aliphatic heterocycles. The number of aldehydes is 1. The third-order valence-corrected chi connectivity index (χ3v) is 13.4. The highest BCUT2D eigenvalue weighted by molar-refractivity contribution is 5.98. The van der Waals surface area contributed by atoms with Gasteiger partial charge in [0, 0.05) is 32.5 Å². The van der Waals surface area contributed by atoms with Gasteiger partial charge in [-0.1, -0.05) is 60.7 Å². The molecule has 3 heterocycles. The van der Waals surface area contributed by atoms with Gasteiger partial charge in [-0.25, -0.2) is 0 Å². The summed E-state index contributed by atoms with van der Waals surface area (Å²) in [4.78, 5) is 132. The number of likely N-dealkylation sites (tertiary alicyclic amines) is 3. The zero-order valence-electron chi connectivity index (χ0n) is 42.3. The van der Waals surface area contributed by atoms with Gasteiger partial charge in [-0.15, -0.1) is 0 Å². The minimum atomic E-state index is -1.55. The second kappa shape index (κ2) is 29.3. The number of carbonyl (C=O) groups excluding carboxylic acids is 9. The Labute approximate surface area is 435 Å². The monoisotopic (exact) mass is 1050 g/mol. The first-order chi connectivity index (χ1) is 36.0. The lowest BCUT2D eigenvalue weighted by Crippen LogP contribution is -2.78. The van der Waals surface area contributed by atoms with E-state index in [0.717, 1.165) is 0 Å². The Hall–Kier alpha value is -7.67. The molecular weight excluding hydrogens is 971 g/mol. The highest BCUT2D eigenvalue weighted by Crippen LogP contribution is 2.26. The topological polar surface area (TPSA) is 402 Å². The number of hydrogen-bond acceptors (Lipinski definition) is 11. The minimum Gasteiger partial charge on any atom is -0.394 e. The highest BCUT2D eigenvalue weighted by atomic mass is 16.3. The molecule has 0 saturated carbocycles. The van der Waals surface area contributed by atoms with Gasteiger partial charge >= 0.3 is 11.9 Å². The van der Waals surface area contributed by atoms with Gasteiger partial charge in [0.1, 0.15) is 42.5 Å².